The molecular weight excluding hydrogens is 356 g/mol. The summed E-state index contributed by atoms with van der Waals surface area (Å²) >= 11 is 0. The third-order valence-electron chi connectivity index (χ3n) is 5.55. The molecule has 7 heteroatoms. The van der Waals surface area contributed by atoms with Gasteiger partial charge in [0.25, 0.3) is 11.7 Å². The van der Waals surface area contributed by atoms with Crippen LogP contribution in [0.15, 0.2) is 30.5 Å². The summed E-state index contributed by atoms with van der Waals surface area (Å²) < 4.78 is 1.78. The molecule has 0 atom stereocenters. The van der Waals surface area contributed by atoms with Crippen molar-refractivity contribution in [3.63, 3.8) is 0 Å². The molecular formula is C21H29N4O3+. The maximum absolute atomic E-state index is 13.0. The minimum absolute atomic E-state index is 0.00174. The topological polar surface area (TPSA) is 67.1 Å². The van der Waals surface area contributed by atoms with E-state index < -0.39 is 11.7 Å². The molecule has 1 N–H and O–H groups in total. The summed E-state index contributed by atoms with van der Waals surface area (Å²) in [5.41, 5.74) is 1.17. The molecule has 1 fully saturated rings. The number of fused-ring (bicyclic) bond motifs is 1. The number of hydrogen-bond donors (Lipinski definition) is 1. The highest BCUT2D eigenvalue weighted by molar-refractivity contribution is 6.44. The molecule has 0 aliphatic carbocycles. The number of nitrogens with zero attached hydrogens (tertiary/aromatic N) is 3. The molecule has 1 aromatic carbocycles. The van der Waals surface area contributed by atoms with Crippen LogP contribution in [0.5, 0.6) is 0 Å². The van der Waals surface area contributed by atoms with Crippen molar-refractivity contribution >= 4 is 28.5 Å². The minimum Gasteiger partial charge on any atom is -0.342 e. The first kappa shape index (κ1) is 20.1. The first-order valence-electron chi connectivity index (χ1n) is 9.96. The number of rotatable bonds is 6. The van der Waals surface area contributed by atoms with Crippen LogP contribution in [0.25, 0.3) is 10.9 Å². The largest absolute Gasteiger partial charge is 0.342 e. The van der Waals surface area contributed by atoms with E-state index in [9.17, 15) is 14.4 Å². The normalized spacial score (nSPS) is 15.0. The number of quaternary nitrogens is 1. The van der Waals surface area contributed by atoms with Gasteiger partial charge < -0.3 is 19.3 Å². The lowest BCUT2D eigenvalue weighted by Crippen LogP contribution is -3.12. The summed E-state index contributed by atoms with van der Waals surface area (Å²) in [6.45, 7) is 8.21. The Bertz CT molecular complexity index is 877. The molecule has 2 heterocycles. The zero-order valence-corrected chi connectivity index (χ0v) is 16.9. The standard InChI is InChI=1S/C21H28N4O3/c1-4-23(5-2)19(26)15-25-14-17(16-8-6-7-9-18(16)25)20(27)21(28)24-12-10-22(3)11-13-24/h6-9,14H,4-5,10-13,15H2,1-3H3/p+1. The number of piperazine rings is 1. The molecule has 0 radical (unpaired) electrons. The molecule has 0 unspecified atom stereocenters. The van der Waals surface area contributed by atoms with Gasteiger partial charge in [-0.25, -0.2) is 0 Å². The van der Waals surface area contributed by atoms with Crippen LogP contribution in [0, 0.1) is 0 Å². The van der Waals surface area contributed by atoms with Gasteiger partial charge in [-0.2, -0.15) is 0 Å². The molecule has 7 nitrogen and oxygen atoms in total. The SMILES string of the molecule is CCN(CC)C(=O)Cn1cc(C(=O)C(=O)N2CC[NH+](C)CC2)c2ccccc21. The summed E-state index contributed by atoms with van der Waals surface area (Å²) in [4.78, 5) is 43.1. The Morgan fingerprint density at radius 1 is 1.07 bits per heavy atom. The van der Waals surface area contributed by atoms with E-state index in [0.29, 0.717) is 37.1 Å². The van der Waals surface area contributed by atoms with Gasteiger partial charge in [-0.05, 0) is 19.9 Å². The summed E-state index contributed by atoms with van der Waals surface area (Å²) in [6, 6.07) is 7.44. The van der Waals surface area contributed by atoms with Crippen LogP contribution in [0.4, 0.5) is 0 Å². The lowest BCUT2D eigenvalue weighted by atomic mass is 10.1. The van der Waals surface area contributed by atoms with Gasteiger partial charge in [0.1, 0.15) is 6.54 Å². The van der Waals surface area contributed by atoms with E-state index in [0.717, 1.165) is 18.6 Å². The minimum atomic E-state index is -0.496. The molecule has 1 aromatic heterocycles. The molecule has 28 heavy (non-hydrogen) atoms. The predicted molar refractivity (Wildman–Crippen MR) is 107 cm³/mol. The number of nitrogens with one attached hydrogen (secondary N) is 1. The lowest BCUT2D eigenvalue weighted by Gasteiger charge is -2.29. The van der Waals surface area contributed by atoms with Gasteiger partial charge in [-0.1, -0.05) is 18.2 Å². The second kappa shape index (κ2) is 8.56. The van der Waals surface area contributed by atoms with Gasteiger partial charge in [-0.15, -0.1) is 0 Å². The van der Waals surface area contributed by atoms with Crippen LogP contribution < -0.4 is 4.90 Å². The fourth-order valence-electron chi connectivity index (χ4n) is 3.73. The van der Waals surface area contributed by atoms with Crippen molar-refractivity contribution in [3.05, 3.63) is 36.0 Å². The van der Waals surface area contributed by atoms with Gasteiger partial charge in [-0.3, -0.25) is 14.4 Å². The highest BCUT2D eigenvalue weighted by Gasteiger charge is 2.29. The number of likely N-dealkylation sites (N-methyl/N-ethyl adjacent to an activating group) is 2. The number of amides is 2. The third-order valence-corrected chi connectivity index (χ3v) is 5.55. The molecule has 1 aliphatic rings. The number of aromatic nitrogens is 1. The van der Waals surface area contributed by atoms with Crippen LogP contribution in [0.1, 0.15) is 24.2 Å². The Morgan fingerprint density at radius 2 is 1.71 bits per heavy atom. The van der Waals surface area contributed by atoms with Crippen molar-refractivity contribution < 1.29 is 19.3 Å². The van der Waals surface area contributed by atoms with Crippen molar-refractivity contribution in [2.45, 2.75) is 20.4 Å². The Labute approximate surface area is 165 Å². The molecule has 3 rings (SSSR count). The van der Waals surface area contributed by atoms with Crippen molar-refractivity contribution in [2.75, 3.05) is 46.3 Å². The molecule has 150 valence electrons. The Morgan fingerprint density at radius 3 is 2.36 bits per heavy atom. The lowest BCUT2D eigenvalue weighted by molar-refractivity contribution is -0.883. The number of ketones is 1. The monoisotopic (exact) mass is 385 g/mol. The molecule has 0 spiro atoms. The summed E-state index contributed by atoms with van der Waals surface area (Å²) in [5, 5.41) is 0.716. The molecule has 0 bridgehead atoms. The van der Waals surface area contributed by atoms with Crippen LogP contribution >= 0.6 is 0 Å². The Kier molecular flexibility index (Phi) is 6.14. The van der Waals surface area contributed by atoms with Crippen molar-refractivity contribution in [1.29, 1.82) is 0 Å². The Hall–Kier alpha value is -2.67. The van der Waals surface area contributed by atoms with Gasteiger partial charge in [0.05, 0.1) is 38.8 Å². The van der Waals surface area contributed by atoms with Crippen molar-refractivity contribution in [2.24, 2.45) is 0 Å². The first-order valence-corrected chi connectivity index (χ1v) is 9.96. The van der Waals surface area contributed by atoms with Crippen LogP contribution in [0.3, 0.4) is 0 Å². The Balaban J connectivity index is 1.88. The van der Waals surface area contributed by atoms with Crippen LogP contribution in [0.2, 0.25) is 0 Å². The number of carbonyl (C=O) groups is 3. The van der Waals surface area contributed by atoms with Gasteiger partial charge in [0.15, 0.2) is 0 Å². The van der Waals surface area contributed by atoms with Crippen molar-refractivity contribution in [1.82, 2.24) is 14.4 Å². The second-order valence-electron chi connectivity index (χ2n) is 7.33. The van der Waals surface area contributed by atoms with Gasteiger partial charge in [0.2, 0.25) is 5.91 Å². The van der Waals surface area contributed by atoms with E-state index in [-0.39, 0.29) is 12.5 Å². The first-order chi connectivity index (χ1) is 13.5. The third kappa shape index (κ3) is 3.94. The summed E-state index contributed by atoms with van der Waals surface area (Å²) in [6.07, 6.45) is 1.66. The molecule has 2 aromatic rings. The predicted octanol–water partition coefficient (Wildman–Crippen LogP) is 0.0493. The van der Waals surface area contributed by atoms with E-state index in [4.69, 9.17) is 0 Å². The van der Waals surface area contributed by atoms with Gasteiger partial charge in [0, 0.05) is 30.2 Å². The van der Waals surface area contributed by atoms with E-state index in [1.54, 1.807) is 20.6 Å². The highest BCUT2D eigenvalue weighted by Crippen LogP contribution is 2.22. The maximum Gasteiger partial charge on any atom is 0.295 e. The van der Waals surface area contributed by atoms with Gasteiger partial charge >= 0.3 is 0 Å². The fourth-order valence-corrected chi connectivity index (χ4v) is 3.73. The highest BCUT2D eigenvalue weighted by atomic mass is 16.2. The quantitative estimate of drug-likeness (QED) is 0.564. The van der Waals surface area contributed by atoms with E-state index >= 15 is 0 Å². The number of hydrogen-bond acceptors (Lipinski definition) is 3. The van der Waals surface area contributed by atoms with E-state index in [2.05, 4.69) is 7.05 Å². The number of Topliss-reactive ketones (excluding diaryl/α,β-unsaturated/α-hetero) is 1. The number of carbonyl (C=O) groups excluding carboxylic acids is 3. The van der Waals surface area contributed by atoms with Crippen LogP contribution in [-0.2, 0) is 16.1 Å². The van der Waals surface area contributed by atoms with Crippen LogP contribution in [-0.4, -0.2) is 78.3 Å². The molecule has 1 aliphatic heterocycles. The molecule has 1 saturated heterocycles. The summed E-state index contributed by atoms with van der Waals surface area (Å²) in [5.74, 6) is -0.951. The van der Waals surface area contributed by atoms with Crippen molar-refractivity contribution in [3.8, 4) is 0 Å². The summed E-state index contributed by atoms with van der Waals surface area (Å²) in [7, 11) is 2.09. The number of benzene rings is 1. The molecule has 0 saturated carbocycles. The van der Waals surface area contributed by atoms with E-state index in [1.807, 2.05) is 38.1 Å². The zero-order chi connectivity index (χ0) is 20.3. The average Bonchev–Trinajstić information content (AvgIpc) is 3.07. The molecule has 2 amide bonds. The average molecular weight is 385 g/mol. The van der Waals surface area contributed by atoms with E-state index in [1.165, 1.54) is 4.90 Å². The maximum atomic E-state index is 13.0. The zero-order valence-electron chi connectivity index (χ0n) is 16.9. The second-order valence-corrected chi connectivity index (χ2v) is 7.33. The smallest absolute Gasteiger partial charge is 0.295 e. The number of para-hydroxylation sites is 1. The fraction of sp³-hybridized carbons (Fsp3) is 0.476.